The topological polar surface area (TPSA) is 15.3 Å². The van der Waals surface area contributed by atoms with E-state index in [4.69, 9.17) is 11.6 Å². The Balaban J connectivity index is 2.37. The fourth-order valence-electron chi connectivity index (χ4n) is 1.84. The Hall–Kier alpha value is -0.570. The van der Waals surface area contributed by atoms with E-state index in [1.165, 1.54) is 12.0 Å². The number of hydrogen-bond acceptors (Lipinski definition) is 2. The van der Waals surface area contributed by atoms with Gasteiger partial charge in [0.05, 0.1) is 0 Å². The molecular formula is C14H23ClN2. The minimum Gasteiger partial charge on any atom is -0.320 e. The summed E-state index contributed by atoms with van der Waals surface area (Å²) in [6.07, 6.45) is 2.27. The van der Waals surface area contributed by atoms with Gasteiger partial charge in [0.15, 0.2) is 0 Å². The second kappa shape index (κ2) is 7.70. The molecule has 1 atom stereocenters. The van der Waals surface area contributed by atoms with Gasteiger partial charge in [-0.25, -0.2) is 0 Å². The number of hydrogen-bond donors (Lipinski definition) is 1. The molecule has 96 valence electrons. The highest BCUT2D eigenvalue weighted by Crippen LogP contribution is 2.12. The third-order valence-electron chi connectivity index (χ3n) is 3.13. The van der Waals surface area contributed by atoms with Crippen LogP contribution in [0, 0.1) is 0 Å². The second-order valence-electron chi connectivity index (χ2n) is 4.62. The number of rotatable bonds is 7. The average Bonchev–Trinajstić information content (AvgIpc) is 2.32. The van der Waals surface area contributed by atoms with Crippen molar-refractivity contribution in [3.8, 4) is 0 Å². The molecule has 2 nitrogen and oxygen atoms in total. The van der Waals surface area contributed by atoms with Crippen LogP contribution < -0.4 is 5.32 Å². The number of nitrogens with one attached hydrogen (secondary N) is 1. The third-order valence-corrected chi connectivity index (χ3v) is 3.39. The molecule has 0 bridgehead atoms. The van der Waals surface area contributed by atoms with Crippen molar-refractivity contribution in [1.29, 1.82) is 0 Å². The molecule has 0 amide bonds. The molecule has 0 saturated carbocycles. The molecule has 1 N–H and O–H groups in total. The molecule has 1 unspecified atom stereocenters. The summed E-state index contributed by atoms with van der Waals surface area (Å²) in [6.45, 7) is 4.49. The molecule has 0 aromatic heterocycles. The van der Waals surface area contributed by atoms with Crippen LogP contribution >= 0.6 is 11.6 Å². The summed E-state index contributed by atoms with van der Waals surface area (Å²) in [6, 6.07) is 8.71. The number of halogens is 1. The molecule has 3 heteroatoms. The summed E-state index contributed by atoms with van der Waals surface area (Å²) in [4.78, 5) is 2.41. The maximum absolute atomic E-state index is 5.88. The van der Waals surface area contributed by atoms with Crippen LogP contribution in [0.5, 0.6) is 0 Å². The Morgan fingerprint density at radius 2 is 1.94 bits per heavy atom. The monoisotopic (exact) mass is 254 g/mol. The van der Waals surface area contributed by atoms with E-state index in [0.717, 1.165) is 24.5 Å². The van der Waals surface area contributed by atoms with E-state index in [-0.39, 0.29) is 0 Å². The van der Waals surface area contributed by atoms with Gasteiger partial charge in [0.2, 0.25) is 0 Å². The zero-order valence-corrected chi connectivity index (χ0v) is 11.8. The van der Waals surface area contributed by atoms with Crippen molar-refractivity contribution >= 4 is 11.6 Å². The van der Waals surface area contributed by atoms with Gasteiger partial charge in [-0.15, -0.1) is 0 Å². The van der Waals surface area contributed by atoms with Gasteiger partial charge in [0.1, 0.15) is 0 Å². The zero-order chi connectivity index (χ0) is 12.7. The minimum atomic E-state index is 0.563. The summed E-state index contributed by atoms with van der Waals surface area (Å²) in [5.74, 6) is 0. The first-order chi connectivity index (χ1) is 8.13. The van der Waals surface area contributed by atoms with Crippen LogP contribution in [0.15, 0.2) is 24.3 Å². The highest BCUT2D eigenvalue weighted by molar-refractivity contribution is 6.30. The largest absolute Gasteiger partial charge is 0.320 e. The Morgan fingerprint density at radius 3 is 2.53 bits per heavy atom. The van der Waals surface area contributed by atoms with Gasteiger partial charge in [-0.3, -0.25) is 0 Å². The van der Waals surface area contributed by atoms with Crippen molar-refractivity contribution in [1.82, 2.24) is 10.2 Å². The van der Waals surface area contributed by atoms with Crippen LogP contribution in [0.2, 0.25) is 5.02 Å². The Labute approximate surface area is 110 Å². The van der Waals surface area contributed by atoms with Crippen molar-refractivity contribution in [2.24, 2.45) is 0 Å². The maximum Gasteiger partial charge on any atom is 0.0406 e. The smallest absolute Gasteiger partial charge is 0.0406 e. The second-order valence-corrected chi connectivity index (χ2v) is 5.05. The van der Waals surface area contributed by atoms with Crippen molar-refractivity contribution in [2.75, 3.05) is 27.2 Å². The fourth-order valence-corrected chi connectivity index (χ4v) is 1.97. The van der Waals surface area contributed by atoms with Gasteiger partial charge in [-0.2, -0.15) is 0 Å². The lowest BCUT2D eigenvalue weighted by Crippen LogP contribution is -2.32. The van der Waals surface area contributed by atoms with E-state index < -0.39 is 0 Å². The first-order valence-corrected chi connectivity index (χ1v) is 6.60. The fraction of sp³-hybridized carbons (Fsp3) is 0.571. The normalized spacial score (nSPS) is 13.0. The molecule has 1 rings (SSSR count). The maximum atomic E-state index is 5.88. The predicted molar refractivity (Wildman–Crippen MR) is 75.8 cm³/mol. The van der Waals surface area contributed by atoms with Crippen LogP contribution in [0.4, 0.5) is 0 Å². The quantitative estimate of drug-likeness (QED) is 0.753. The molecule has 1 aromatic carbocycles. The summed E-state index contributed by atoms with van der Waals surface area (Å²) < 4.78 is 0. The molecule has 0 radical (unpaired) electrons. The average molecular weight is 255 g/mol. The molecule has 0 aliphatic rings. The first kappa shape index (κ1) is 14.5. The lowest BCUT2D eigenvalue weighted by atomic mass is 10.1. The highest BCUT2D eigenvalue weighted by atomic mass is 35.5. The lowest BCUT2D eigenvalue weighted by molar-refractivity contribution is 0.253. The molecular weight excluding hydrogens is 232 g/mol. The van der Waals surface area contributed by atoms with Crippen molar-refractivity contribution in [3.63, 3.8) is 0 Å². The molecule has 0 spiro atoms. The van der Waals surface area contributed by atoms with Gasteiger partial charge in [-0.1, -0.05) is 23.7 Å². The molecule has 0 saturated heterocycles. The zero-order valence-electron chi connectivity index (χ0n) is 11.0. The molecule has 0 fully saturated rings. The van der Waals surface area contributed by atoms with Gasteiger partial charge in [0.25, 0.3) is 0 Å². The Kier molecular flexibility index (Phi) is 6.56. The Bertz CT molecular complexity index is 311. The minimum absolute atomic E-state index is 0.563. The third kappa shape index (κ3) is 5.53. The summed E-state index contributed by atoms with van der Waals surface area (Å²) >= 11 is 5.88. The van der Waals surface area contributed by atoms with Gasteiger partial charge in [-0.05, 0) is 64.6 Å². The molecule has 17 heavy (non-hydrogen) atoms. The van der Waals surface area contributed by atoms with E-state index in [0.29, 0.717) is 6.04 Å². The van der Waals surface area contributed by atoms with E-state index in [1.807, 2.05) is 19.2 Å². The van der Waals surface area contributed by atoms with Crippen molar-refractivity contribution in [3.05, 3.63) is 34.9 Å². The number of likely N-dealkylation sites (N-methyl/N-ethyl adjacent to an activating group) is 1. The standard InChI is InChI=1S/C14H23ClN2/c1-12(17(3)10-4-9-16-2)11-13-5-7-14(15)8-6-13/h5-8,12,16H,4,9-11H2,1-3H3. The van der Waals surface area contributed by atoms with Crippen LogP contribution in [0.25, 0.3) is 0 Å². The highest BCUT2D eigenvalue weighted by Gasteiger charge is 2.09. The molecule has 0 aliphatic carbocycles. The number of benzene rings is 1. The van der Waals surface area contributed by atoms with Gasteiger partial charge in [0, 0.05) is 11.1 Å². The lowest BCUT2D eigenvalue weighted by Gasteiger charge is -2.24. The molecule has 1 aromatic rings. The Morgan fingerprint density at radius 1 is 1.29 bits per heavy atom. The number of nitrogens with zero attached hydrogens (tertiary/aromatic N) is 1. The van der Waals surface area contributed by atoms with Gasteiger partial charge >= 0.3 is 0 Å². The van der Waals surface area contributed by atoms with Crippen LogP contribution in [0.1, 0.15) is 18.9 Å². The predicted octanol–water partition coefficient (Wildman–Crippen LogP) is 2.81. The summed E-state index contributed by atoms with van der Waals surface area (Å²) in [7, 11) is 4.19. The van der Waals surface area contributed by atoms with Crippen molar-refractivity contribution < 1.29 is 0 Å². The molecule has 0 heterocycles. The molecule has 0 aliphatic heterocycles. The van der Waals surface area contributed by atoms with E-state index in [9.17, 15) is 0 Å². The van der Waals surface area contributed by atoms with Gasteiger partial charge < -0.3 is 10.2 Å². The first-order valence-electron chi connectivity index (χ1n) is 6.22. The SMILES string of the molecule is CNCCCN(C)C(C)Cc1ccc(Cl)cc1. The summed E-state index contributed by atoms with van der Waals surface area (Å²) in [5, 5.41) is 3.99. The van der Waals surface area contributed by atoms with E-state index in [1.54, 1.807) is 0 Å². The summed E-state index contributed by atoms with van der Waals surface area (Å²) in [5.41, 5.74) is 1.35. The van der Waals surface area contributed by atoms with Crippen LogP contribution in [-0.4, -0.2) is 38.1 Å². The van der Waals surface area contributed by atoms with E-state index >= 15 is 0 Å². The van der Waals surface area contributed by atoms with Crippen LogP contribution in [0.3, 0.4) is 0 Å². The van der Waals surface area contributed by atoms with Crippen molar-refractivity contribution in [2.45, 2.75) is 25.8 Å². The van der Waals surface area contributed by atoms with E-state index in [2.05, 4.69) is 36.3 Å². The van der Waals surface area contributed by atoms with Crippen LogP contribution in [-0.2, 0) is 6.42 Å².